The summed E-state index contributed by atoms with van der Waals surface area (Å²) in [6, 6.07) is 25.4. The molecule has 3 aromatic heterocycles. The number of amides is 2. The largest absolute Gasteiger partial charge is 0.391 e. The Labute approximate surface area is 328 Å². The van der Waals surface area contributed by atoms with Gasteiger partial charge in [0, 0.05) is 23.9 Å². The first-order valence-electron chi connectivity index (χ1n) is 19.0. The van der Waals surface area contributed by atoms with Gasteiger partial charge in [0.1, 0.15) is 6.04 Å². The third kappa shape index (κ3) is 11.8. The molecule has 1 fully saturated rings. The Kier molecular flexibility index (Phi) is 16.1. The molecule has 3 aromatic carbocycles. The van der Waals surface area contributed by atoms with E-state index >= 15 is 0 Å². The molecule has 55 heavy (non-hydrogen) atoms. The minimum atomic E-state index is -0.641. The molecule has 0 bridgehead atoms. The van der Waals surface area contributed by atoms with Gasteiger partial charge in [-0.25, -0.2) is 9.67 Å². The maximum absolute atomic E-state index is 12.4. The molecule has 12 heteroatoms. The number of aromatic nitrogens is 6. The summed E-state index contributed by atoms with van der Waals surface area (Å²) in [5.41, 5.74) is 9.70. The van der Waals surface area contributed by atoms with Crippen LogP contribution in [0.3, 0.4) is 0 Å². The van der Waals surface area contributed by atoms with Crippen LogP contribution in [0.2, 0.25) is 0 Å². The average Bonchev–Trinajstić information content (AvgIpc) is 3.95. The lowest BCUT2D eigenvalue weighted by Gasteiger charge is -2.22. The number of likely N-dealkylation sites (tertiary alicyclic amines) is 1. The number of aryl methyl sites for hydroxylation is 2. The van der Waals surface area contributed by atoms with E-state index in [1.165, 1.54) is 4.90 Å². The molecule has 1 unspecified atom stereocenters. The van der Waals surface area contributed by atoms with Crippen molar-refractivity contribution in [1.29, 1.82) is 0 Å². The van der Waals surface area contributed by atoms with Crippen LogP contribution in [0.25, 0.3) is 38.3 Å². The molecule has 0 aliphatic carbocycles. The van der Waals surface area contributed by atoms with Gasteiger partial charge in [0.2, 0.25) is 12.3 Å². The molecule has 3 atom stereocenters. The van der Waals surface area contributed by atoms with E-state index < -0.39 is 12.1 Å². The van der Waals surface area contributed by atoms with Gasteiger partial charge in [-0.15, -0.1) is 26.6 Å². The topological polar surface area (TPSA) is 139 Å². The number of carbonyl (C=O) groups excluding carboxylic acids is 2. The van der Waals surface area contributed by atoms with Crippen LogP contribution < -0.4 is 5.32 Å². The number of nitrogens with zero attached hydrogens (tertiary/aromatic N) is 7. The van der Waals surface area contributed by atoms with E-state index in [4.69, 9.17) is 0 Å². The predicted molar refractivity (Wildman–Crippen MR) is 222 cm³/mol. The fourth-order valence-electron chi connectivity index (χ4n) is 5.83. The Hall–Kier alpha value is -5.33. The second kappa shape index (κ2) is 20.9. The van der Waals surface area contributed by atoms with Crippen molar-refractivity contribution in [2.45, 2.75) is 92.8 Å². The SMILES string of the molecule is CC.CC(C)C.CCCc1cn(-c2ccc3nnc(-c4ccccc4)cc3c2)nn1.Cc1ncsc1-c1ccc([C@H](C)NC(=O)[C@@H]2CC(O)CN2C=O)cc1. The number of rotatable bonds is 9. The standard InChI is InChI=1S/C19H17N5.C18H21N3O3S.C4H10.C2H6/c1-2-6-16-13-24(23-20-16)17-9-10-18-15(11-17)12-19(22-21-18)14-7-4-3-5-8-14;1-11(20-18(24)16-7-15(23)8-21(16)10-22)13-3-5-14(6-4-13)17-12(2)19-9-25-17;1-4(2)3;1-2/h3-5,7-13H,2,6H2,1H3;3-6,9-11,15-16,23H,7-8H2,1-2H3,(H,20,24);4H,1-3H3;1-2H3/t;11-,15?,16-;;/m.0../s1. The smallest absolute Gasteiger partial charge is 0.243 e. The van der Waals surface area contributed by atoms with Crippen LogP contribution in [0.5, 0.6) is 0 Å². The molecule has 1 aliphatic rings. The van der Waals surface area contributed by atoms with Crippen LogP contribution in [0.1, 0.15) is 84.3 Å². The van der Waals surface area contributed by atoms with Gasteiger partial charge in [-0.05, 0) is 61.6 Å². The van der Waals surface area contributed by atoms with Crippen LogP contribution in [0.4, 0.5) is 0 Å². The number of benzene rings is 3. The van der Waals surface area contributed by atoms with Crippen molar-refractivity contribution in [3.8, 4) is 27.4 Å². The average molecular weight is 763 g/mol. The Bertz CT molecular complexity index is 2080. The highest BCUT2D eigenvalue weighted by Crippen LogP contribution is 2.28. The summed E-state index contributed by atoms with van der Waals surface area (Å²) in [5.74, 6) is 0.596. The molecule has 2 amide bonds. The number of thiazole rings is 1. The molecule has 4 heterocycles. The van der Waals surface area contributed by atoms with Crippen molar-refractivity contribution in [2.75, 3.05) is 6.54 Å². The third-order valence-corrected chi connectivity index (χ3v) is 9.46. The summed E-state index contributed by atoms with van der Waals surface area (Å²) < 4.78 is 1.81. The van der Waals surface area contributed by atoms with Gasteiger partial charge in [0.25, 0.3) is 0 Å². The van der Waals surface area contributed by atoms with Crippen molar-refractivity contribution in [2.24, 2.45) is 5.92 Å². The first-order valence-corrected chi connectivity index (χ1v) is 19.9. The number of β-amino-alcohol motifs (C(OH)–C–C–N with tert-alkyl or cyclic N) is 1. The van der Waals surface area contributed by atoms with Crippen molar-refractivity contribution < 1.29 is 14.7 Å². The predicted octanol–water partition coefficient (Wildman–Crippen LogP) is 8.41. The van der Waals surface area contributed by atoms with Crippen molar-refractivity contribution in [3.63, 3.8) is 0 Å². The molecular weight excluding hydrogens is 709 g/mol. The number of aliphatic hydroxyl groups excluding tert-OH is 1. The summed E-state index contributed by atoms with van der Waals surface area (Å²) in [7, 11) is 0. The lowest BCUT2D eigenvalue weighted by molar-refractivity contribution is -0.131. The number of hydrogen-bond acceptors (Lipinski definition) is 9. The van der Waals surface area contributed by atoms with E-state index in [2.05, 4.69) is 70.6 Å². The normalized spacial score (nSPS) is 15.2. The number of fused-ring (bicyclic) bond motifs is 1. The zero-order chi connectivity index (χ0) is 39.9. The summed E-state index contributed by atoms with van der Waals surface area (Å²) in [6.45, 7) is 16.7. The molecule has 1 saturated heterocycles. The van der Waals surface area contributed by atoms with E-state index in [0.29, 0.717) is 6.41 Å². The molecule has 11 nitrogen and oxygen atoms in total. The maximum Gasteiger partial charge on any atom is 0.243 e. The van der Waals surface area contributed by atoms with Gasteiger partial charge in [-0.3, -0.25) is 9.59 Å². The highest BCUT2D eigenvalue weighted by atomic mass is 32.1. The van der Waals surface area contributed by atoms with E-state index in [-0.39, 0.29) is 24.9 Å². The fourth-order valence-corrected chi connectivity index (χ4v) is 6.64. The Morgan fingerprint density at radius 2 is 1.67 bits per heavy atom. The highest BCUT2D eigenvalue weighted by Gasteiger charge is 2.35. The minimum absolute atomic E-state index is 0.185. The Balaban J connectivity index is 0.000000214. The van der Waals surface area contributed by atoms with E-state index in [1.807, 2.05) is 111 Å². The quantitative estimate of drug-likeness (QED) is 0.140. The number of aliphatic hydroxyl groups is 1. The Morgan fingerprint density at radius 3 is 2.31 bits per heavy atom. The summed E-state index contributed by atoms with van der Waals surface area (Å²) in [5, 5.41) is 30.7. The van der Waals surface area contributed by atoms with Gasteiger partial charge in [-0.1, -0.05) is 108 Å². The number of nitrogens with one attached hydrogen (secondary N) is 1. The molecule has 0 spiro atoms. The molecule has 2 N–H and O–H groups in total. The summed E-state index contributed by atoms with van der Waals surface area (Å²) in [4.78, 5) is 30.2. The number of carbonyl (C=O) groups is 2. The van der Waals surface area contributed by atoms with Crippen LogP contribution in [0.15, 0.2) is 90.6 Å². The zero-order valence-electron chi connectivity index (χ0n) is 33.2. The zero-order valence-corrected chi connectivity index (χ0v) is 34.0. The lowest BCUT2D eigenvalue weighted by atomic mass is 10.0. The molecule has 7 rings (SSSR count). The van der Waals surface area contributed by atoms with Gasteiger partial charge in [-0.2, -0.15) is 0 Å². The molecule has 0 radical (unpaired) electrons. The number of hydrogen-bond donors (Lipinski definition) is 2. The molecular formula is C43H54N8O3S. The van der Waals surface area contributed by atoms with Gasteiger partial charge in [0.15, 0.2) is 0 Å². The molecule has 0 saturated carbocycles. The van der Waals surface area contributed by atoms with Crippen LogP contribution in [-0.4, -0.2) is 71.2 Å². The second-order valence-electron chi connectivity index (χ2n) is 13.8. The molecule has 290 valence electrons. The third-order valence-electron chi connectivity index (χ3n) is 8.48. The maximum atomic E-state index is 12.4. The first-order chi connectivity index (χ1) is 26.6. The van der Waals surface area contributed by atoms with Crippen molar-refractivity contribution in [3.05, 3.63) is 108 Å². The van der Waals surface area contributed by atoms with Gasteiger partial charge in [0.05, 0.1) is 57.0 Å². The van der Waals surface area contributed by atoms with Crippen LogP contribution in [-0.2, 0) is 16.0 Å². The molecule has 1 aliphatic heterocycles. The van der Waals surface area contributed by atoms with E-state index in [9.17, 15) is 14.7 Å². The highest BCUT2D eigenvalue weighted by molar-refractivity contribution is 7.13. The van der Waals surface area contributed by atoms with Gasteiger partial charge < -0.3 is 15.3 Å². The lowest BCUT2D eigenvalue weighted by Crippen LogP contribution is -2.43. The van der Waals surface area contributed by atoms with Crippen molar-refractivity contribution >= 4 is 34.6 Å². The van der Waals surface area contributed by atoms with Crippen LogP contribution in [0, 0.1) is 12.8 Å². The second-order valence-corrected chi connectivity index (χ2v) is 14.7. The van der Waals surface area contributed by atoms with Crippen LogP contribution >= 0.6 is 11.3 Å². The summed E-state index contributed by atoms with van der Waals surface area (Å²) in [6.07, 6.45) is 4.25. The fraction of sp³-hybridized carbons (Fsp3) is 0.372. The van der Waals surface area contributed by atoms with Crippen molar-refractivity contribution in [1.82, 2.24) is 40.4 Å². The minimum Gasteiger partial charge on any atom is -0.391 e. The monoisotopic (exact) mass is 762 g/mol. The van der Waals surface area contributed by atoms with Gasteiger partial charge >= 0.3 is 0 Å². The first kappa shape index (κ1) is 42.4. The Morgan fingerprint density at radius 1 is 0.964 bits per heavy atom. The summed E-state index contributed by atoms with van der Waals surface area (Å²) >= 11 is 1.60. The molecule has 6 aromatic rings. The van der Waals surface area contributed by atoms with E-state index in [0.717, 1.165) is 74.0 Å². The van der Waals surface area contributed by atoms with E-state index in [1.54, 1.807) is 11.3 Å².